The van der Waals surface area contributed by atoms with Crippen LogP contribution in [-0.4, -0.2) is 14.9 Å². The molecule has 78 valence electrons. The van der Waals surface area contributed by atoms with Crippen LogP contribution in [0.25, 0.3) is 5.69 Å². The van der Waals surface area contributed by atoms with Gasteiger partial charge in [0, 0.05) is 5.56 Å². The molecular formula is C11H11ClN2O. The molecule has 0 amide bonds. The lowest BCUT2D eigenvalue weighted by molar-refractivity contribution is 0.282. The molecule has 0 aliphatic carbocycles. The van der Waals surface area contributed by atoms with E-state index in [0.717, 1.165) is 11.3 Å². The molecule has 0 saturated carbocycles. The molecule has 0 aliphatic rings. The summed E-state index contributed by atoms with van der Waals surface area (Å²) in [6.07, 6.45) is 1.57. The van der Waals surface area contributed by atoms with Gasteiger partial charge in [-0.15, -0.1) is 0 Å². The Balaban J connectivity index is 2.49. The summed E-state index contributed by atoms with van der Waals surface area (Å²) in [7, 11) is 0. The average Bonchev–Trinajstić information content (AvgIpc) is 2.59. The Labute approximate surface area is 92.9 Å². The zero-order valence-electron chi connectivity index (χ0n) is 8.31. The molecule has 1 N–H and O–H groups in total. The van der Waals surface area contributed by atoms with Crippen molar-refractivity contribution >= 4 is 11.6 Å². The van der Waals surface area contributed by atoms with Gasteiger partial charge in [-0.05, 0) is 24.6 Å². The lowest BCUT2D eigenvalue weighted by Crippen LogP contribution is -1.96. The number of hydrogen-bond acceptors (Lipinski definition) is 2. The molecule has 15 heavy (non-hydrogen) atoms. The highest BCUT2D eigenvalue weighted by Crippen LogP contribution is 2.20. The van der Waals surface area contributed by atoms with Crippen LogP contribution in [0.2, 0.25) is 5.15 Å². The monoisotopic (exact) mass is 222 g/mol. The summed E-state index contributed by atoms with van der Waals surface area (Å²) in [4.78, 5) is 0. The minimum absolute atomic E-state index is 0.0926. The van der Waals surface area contributed by atoms with Crippen molar-refractivity contribution in [1.82, 2.24) is 9.78 Å². The molecule has 0 spiro atoms. The molecule has 0 aliphatic heterocycles. The first-order chi connectivity index (χ1) is 7.22. The number of benzene rings is 1. The van der Waals surface area contributed by atoms with Crippen LogP contribution in [0, 0.1) is 6.92 Å². The summed E-state index contributed by atoms with van der Waals surface area (Å²) in [5, 5.41) is 13.6. The Kier molecular flexibility index (Phi) is 2.75. The van der Waals surface area contributed by atoms with Crippen molar-refractivity contribution in [1.29, 1.82) is 0 Å². The molecule has 0 bridgehead atoms. The van der Waals surface area contributed by atoms with E-state index >= 15 is 0 Å². The molecule has 1 heterocycles. The van der Waals surface area contributed by atoms with Crippen LogP contribution in [0.5, 0.6) is 0 Å². The van der Waals surface area contributed by atoms with Crippen molar-refractivity contribution in [2.45, 2.75) is 13.5 Å². The number of rotatable bonds is 2. The molecule has 3 nitrogen and oxygen atoms in total. The Bertz CT molecular complexity index is 479. The van der Waals surface area contributed by atoms with Crippen molar-refractivity contribution in [2.24, 2.45) is 0 Å². The van der Waals surface area contributed by atoms with E-state index in [2.05, 4.69) is 5.10 Å². The molecular weight excluding hydrogens is 212 g/mol. The van der Waals surface area contributed by atoms with E-state index in [1.165, 1.54) is 0 Å². The van der Waals surface area contributed by atoms with Crippen molar-refractivity contribution < 1.29 is 5.11 Å². The first-order valence-electron chi connectivity index (χ1n) is 4.62. The summed E-state index contributed by atoms with van der Waals surface area (Å²) in [6, 6.07) is 7.86. The van der Waals surface area contributed by atoms with Crippen LogP contribution in [0.4, 0.5) is 0 Å². The fraction of sp³-hybridized carbons (Fsp3) is 0.182. The number of halogens is 1. The van der Waals surface area contributed by atoms with Gasteiger partial charge in [0.05, 0.1) is 18.5 Å². The minimum Gasteiger partial charge on any atom is -0.392 e. The van der Waals surface area contributed by atoms with Crippen molar-refractivity contribution in [3.05, 3.63) is 46.7 Å². The highest BCUT2D eigenvalue weighted by Gasteiger charge is 2.08. The maximum absolute atomic E-state index is 9.00. The van der Waals surface area contributed by atoms with E-state index < -0.39 is 0 Å². The van der Waals surface area contributed by atoms with Gasteiger partial charge in [0.25, 0.3) is 0 Å². The zero-order chi connectivity index (χ0) is 10.8. The third-order valence-corrected chi connectivity index (χ3v) is 2.60. The van der Waals surface area contributed by atoms with E-state index in [1.54, 1.807) is 10.9 Å². The minimum atomic E-state index is -0.0926. The SMILES string of the molecule is Cc1cccc(-n2ncc(CO)c2Cl)c1. The molecule has 2 rings (SSSR count). The Hall–Kier alpha value is -1.32. The van der Waals surface area contributed by atoms with Gasteiger partial charge in [-0.1, -0.05) is 23.7 Å². The number of aryl methyl sites for hydroxylation is 1. The smallest absolute Gasteiger partial charge is 0.138 e. The predicted molar refractivity (Wildman–Crippen MR) is 59.2 cm³/mol. The second kappa shape index (κ2) is 4.04. The molecule has 1 aromatic carbocycles. The normalized spacial score (nSPS) is 10.6. The number of aromatic nitrogens is 2. The largest absolute Gasteiger partial charge is 0.392 e. The number of nitrogens with zero attached hydrogens (tertiary/aromatic N) is 2. The van der Waals surface area contributed by atoms with Gasteiger partial charge in [-0.3, -0.25) is 0 Å². The van der Waals surface area contributed by atoms with E-state index in [0.29, 0.717) is 10.7 Å². The second-order valence-corrected chi connectivity index (χ2v) is 3.73. The number of aliphatic hydroxyl groups is 1. The molecule has 0 saturated heterocycles. The topological polar surface area (TPSA) is 38.0 Å². The molecule has 0 unspecified atom stereocenters. The van der Waals surface area contributed by atoms with E-state index in [9.17, 15) is 0 Å². The Morgan fingerprint density at radius 1 is 1.47 bits per heavy atom. The molecule has 4 heteroatoms. The average molecular weight is 223 g/mol. The van der Waals surface area contributed by atoms with Gasteiger partial charge in [0.1, 0.15) is 5.15 Å². The highest BCUT2D eigenvalue weighted by molar-refractivity contribution is 6.30. The van der Waals surface area contributed by atoms with Gasteiger partial charge in [-0.2, -0.15) is 5.10 Å². The summed E-state index contributed by atoms with van der Waals surface area (Å²) >= 11 is 6.05. The van der Waals surface area contributed by atoms with Crippen LogP contribution < -0.4 is 0 Å². The van der Waals surface area contributed by atoms with Gasteiger partial charge in [0.15, 0.2) is 0 Å². The van der Waals surface area contributed by atoms with Gasteiger partial charge in [0.2, 0.25) is 0 Å². The van der Waals surface area contributed by atoms with Crippen LogP contribution in [0.1, 0.15) is 11.1 Å². The maximum Gasteiger partial charge on any atom is 0.138 e. The zero-order valence-corrected chi connectivity index (χ0v) is 9.07. The van der Waals surface area contributed by atoms with Crippen LogP contribution in [0.15, 0.2) is 30.5 Å². The van der Waals surface area contributed by atoms with Crippen molar-refractivity contribution in [3.8, 4) is 5.69 Å². The fourth-order valence-electron chi connectivity index (χ4n) is 1.41. The number of aliphatic hydroxyl groups excluding tert-OH is 1. The third-order valence-electron chi connectivity index (χ3n) is 2.20. The first kappa shape index (κ1) is 10.2. The standard InChI is InChI=1S/C11H11ClN2O/c1-8-3-2-4-10(5-8)14-11(12)9(7-15)6-13-14/h2-6,15H,7H2,1H3. The summed E-state index contributed by atoms with van der Waals surface area (Å²) in [6.45, 7) is 1.92. The third kappa shape index (κ3) is 1.89. The Morgan fingerprint density at radius 3 is 2.87 bits per heavy atom. The predicted octanol–water partition coefficient (Wildman–Crippen LogP) is 2.33. The van der Waals surface area contributed by atoms with Crippen LogP contribution in [-0.2, 0) is 6.61 Å². The van der Waals surface area contributed by atoms with E-state index in [-0.39, 0.29) is 6.61 Å². The molecule has 0 atom stereocenters. The lowest BCUT2D eigenvalue weighted by Gasteiger charge is -2.04. The quantitative estimate of drug-likeness (QED) is 0.847. The van der Waals surface area contributed by atoms with Crippen LogP contribution in [0.3, 0.4) is 0 Å². The second-order valence-electron chi connectivity index (χ2n) is 3.37. The molecule has 0 fully saturated rings. The highest BCUT2D eigenvalue weighted by atomic mass is 35.5. The Morgan fingerprint density at radius 2 is 2.27 bits per heavy atom. The first-order valence-corrected chi connectivity index (χ1v) is 5.00. The summed E-state index contributed by atoms with van der Waals surface area (Å²) in [5.41, 5.74) is 2.68. The fourth-order valence-corrected chi connectivity index (χ4v) is 1.66. The lowest BCUT2D eigenvalue weighted by atomic mass is 10.2. The van der Waals surface area contributed by atoms with Crippen LogP contribution >= 0.6 is 11.6 Å². The van der Waals surface area contributed by atoms with Gasteiger partial charge < -0.3 is 5.11 Å². The summed E-state index contributed by atoms with van der Waals surface area (Å²) in [5.74, 6) is 0. The molecule has 0 radical (unpaired) electrons. The molecule has 1 aromatic heterocycles. The number of hydrogen-bond donors (Lipinski definition) is 1. The van der Waals surface area contributed by atoms with Crippen molar-refractivity contribution in [2.75, 3.05) is 0 Å². The van der Waals surface area contributed by atoms with E-state index in [1.807, 2.05) is 31.2 Å². The molecule has 2 aromatic rings. The van der Waals surface area contributed by atoms with Gasteiger partial charge >= 0.3 is 0 Å². The summed E-state index contributed by atoms with van der Waals surface area (Å²) < 4.78 is 1.61. The van der Waals surface area contributed by atoms with Crippen molar-refractivity contribution in [3.63, 3.8) is 0 Å². The van der Waals surface area contributed by atoms with E-state index in [4.69, 9.17) is 16.7 Å². The maximum atomic E-state index is 9.00. The van der Waals surface area contributed by atoms with Gasteiger partial charge in [-0.25, -0.2) is 4.68 Å².